The summed E-state index contributed by atoms with van der Waals surface area (Å²) in [6, 6.07) is 0. The van der Waals surface area contributed by atoms with Crippen molar-refractivity contribution in [2.24, 2.45) is 11.8 Å². The highest BCUT2D eigenvalue weighted by Crippen LogP contribution is 2.32. The van der Waals surface area contributed by atoms with E-state index in [1.54, 1.807) is 0 Å². The molecule has 2 aliphatic rings. The van der Waals surface area contributed by atoms with E-state index < -0.39 is 0 Å². The van der Waals surface area contributed by atoms with Crippen LogP contribution in [0, 0.1) is 11.8 Å². The molecule has 2 rings (SSSR count). The van der Waals surface area contributed by atoms with Gasteiger partial charge in [-0.15, -0.1) is 0 Å². The molecule has 0 spiro atoms. The Kier molecular flexibility index (Phi) is 2.68. The largest absolute Gasteiger partial charge is 0.0879 e. The minimum Gasteiger partial charge on any atom is -0.0879 e. The zero-order valence-electron chi connectivity index (χ0n) is 8.37. The van der Waals surface area contributed by atoms with Gasteiger partial charge in [-0.05, 0) is 25.2 Å². The molecular formula is C13H18. The van der Waals surface area contributed by atoms with Gasteiger partial charge >= 0.3 is 0 Å². The second-order valence-electron chi connectivity index (χ2n) is 4.10. The van der Waals surface area contributed by atoms with Crippen LogP contribution in [0.1, 0.15) is 32.6 Å². The fourth-order valence-electron chi connectivity index (χ4n) is 2.29. The lowest BCUT2D eigenvalue weighted by Crippen LogP contribution is -2.14. The van der Waals surface area contributed by atoms with Gasteiger partial charge in [-0.1, -0.05) is 49.3 Å². The van der Waals surface area contributed by atoms with Crippen LogP contribution >= 0.6 is 0 Å². The Morgan fingerprint density at radius 3 is 3.15 bits per heavy atom. The molecule has 0 saturated carbocycles. The van der Waals surface area contributed by atoms with Gasteiger partial charge in [0.15, 0.2) is 0 Å². The number of allylic oxidation sites excluding steroid dienone is 6. The zero-order valence-corrected chi connectivity index (χ0v) is 8.37. The number of fused-ring (bicyclic) bond motifs is 1. The molecule has 0 aromatic rings. The molecule has 0 aromatic heterocycles. The van der Waals surface area contributed by atoms with Crippen LogP contribution in [-0.2, 0) is 0 Å². The number of hydrogen-bond acceptors (Lipinski definition) is 0. The fraction of sp³-hybridized carbons (Fsp3) is 0.538. The summed E-state index contributed by atoms with van der Waals surface area (Å²) >= 11 is 0. The molecule has 2 unspecified atom stereocenters. The number of rotatable bonds is 2. The summed E-state index contributed by atoms with van der Waals surface area (Å²) in [5, 5.41) is 0. The predicted molar refractivity (Wildman–Crippen MR) is 57.5 cm³/mol. The third-order valence-corrected chi connectivity index (χ3v) is 3.02. The molecule has 0 aromatic carbocycles. The van der Waals surface area contributed by atoms with Gasteiger partial charge in [0.1, 0.15) is 0 Å². The van der Waals surface area contributed by atoms with Gasteiger partial charge in [-0.25, -0.2) is 0 Å². The number of hydrogen-bond donors (Lipinski definition) is 0. The van der Waals surface area contributed by atoms with Crippen LogP contribution in [0.25, 0.3) is 0 Å². The van der Waals surface area contributed by atoms with E-state index in [2.05, 4.69) is 37.3 Å². The standard InChI is InChI=1S/C13H18/c1-2-5-11-8-9-12-6-3-4-7-13(12)10-11/h4,7-10,12-13H,2-3,5-6H2,1H3. The van der Waals surface area contributed by atoms with E-state index in [-0.39, 0.29) is 0 Å². The second-order valence-corrected chi connectivity index (χ2v) is 4.10. The van der Waals surface area contributed by atoms with Gasteiger partial charge in [0.05, 0.1) is 0 Å². The lowest BCUT2D eigenvalue weighted by molar-refractivity contribution is 0.487. The van der Waals surface area contributed by atoms with Gasteiger partial charge in [-0.2, -0.15) is 0 Å². The first kappa shape index (κ1) is 8.80. The van der Waals surface area contributed by atoms with Crippen LogP contribution in [0.15, 0.2) is 36.0 Å². The van der Waals surface area contributed by atoms with Gasteiger partial charge < -0.3 is 0 Å². The van der Waals surface area contributed by atoms with Crippen molar-refractivity contribution in [2.45, 2.75) is 32.6 Å². The van der Waals surface area contributed by atoms with Crippen molar-refractivity contribution in [3.05, 3.63) is 36.0 Å². The SMILES string of the molecule is CCCC1=CC2C=CCCC2C=C1. The molecule has 70 valence electrons. The maximum atomic E-state index is 2.46. The van der Waals surface area contributed by atoms with E-state index in [9.17, 15) is 0 Å². The fourth-order valence-corrected chi connectivity index (χ4v) is 2.29. The molecule has 0 heteroatoms. The van der Waals surface area contributed by atoms with Crippen LogP contribution in [0.3, 0.4) is 0 Å². The Bertz CT molecular complexity index is 255. The summed E-state index contributed by atoms with van der Waals surface area (Å²) < 4.78 is 0. The molecule has 0 aliphatic heterocycles. The van der Waals surface area contributed by atoms with Crippen LogP contribution < -0.4 is 0 Å². The lowest BCUT2D eigenvalue weighted by Gasteiger charge is -2.26. The predicted octanol–water partition coefficient (Wildman–Crippen LogP) is 3.87. The summed E-state index contributed by atoms with van der Waals surface area (Å²) in [6.07, 6.45) is 17.0. The first-order chi connectivity index (χ1) is 6.40. The first-order valence-corrected chi connectivity index (χ1v) is 5.45. The second kappa shape index (κ2) is 3.95. The molecule has 0 bridgehead atoms. The quantitative estimate of drug-likeness (QED) is 0.557. The highest BCUT2D eigenvalue weighted by Gasteiger charge is 2.19. The van der Waals surface area contributed by atoms with Gasteiger partial charge in [0, 0.05) is 5.92 Å². The smallest absolute Gasteiger partial charge is 0.00154 e. The van der Waals surface area contributed by atoms with Crippen LogP contribution in [-0.4, -0.2) is 0 Å². The van der Waals surface area contributed by atoms with Crippen LogP contribution in [0.5, 0.6) is 0 Å². The monoisotopic (exact) mass is 174 g/mol. The van der Waals surface area contributed by atoms with E-state index in [1.165, 1.54) is 31.3 Å². The summed E-state index contributed by atoms with van der Waals surface area (Å²) in [4.78, 5) is 0. The van der Waals surface area contributed by atoms with Crippen LogP contribution in [0.4, 0.5) is 0 Å². The maximum absolute atomic E-state index is 2.46. The highest BCUT2D eigenvalue weighted by atomic mass is 14.2. The van der Waals surface area contributed by atoms with E-state index in [0.29, 0.717) is 5.92 Å². The average molecular weight is 174 g/mol. The Morgan fingerprint density at radius 2 is 2.31 bits per heavy atom. The highest BCUT2D eigenvalue weighted by molar-refractivity contribution is 5.29. The summed E-state index contributed by atoms with van der Waals surface area (Å²) in [5.74, 6) is 1.51. The average Bonchev–Trinajstić information content (AvgIpc) is 2.18. The molecule has 2 aliphatic carbocycles. The van der Waals surface area contributed by atoms with Crippen molar-refractivity contribution < 1.29 is 0 Å². The zero-order chi connectivity index (χ0) is 9.10. The Hall–Kier alpha value is -0.780. The molecule has 0 nitrogen and oxygen atoms in total. The summed E-state index contributed by atoms with van der Waals surface area (Å²) in [6.45, 7) is 2.25. The molecule has 0 amide bonds. The topological polar surface area (TPSA) is 0 Å². The van der Waals surface area contributed by atoms with Crippen molar-refractivity contribution in [1.29, 1.82) is 0 Å². The third-order valence-electron chi connectivity index (χ3n) is 3.02. The minimum atomic E-state index is 0.709. The summed E-state index contributed by atoms with van der Waals surface area (Å²) in [7, 11) is 0. The molecule has 13 heavy (non-hydrogen) atoms. The van der Waals surface area contributed by atoms with Crippen LogP contribution in [0.2, 0.25) is 0 Å². The molecule has 0 saturated heterocycles. The first-order valence-electron chi connectivity index (χ1n) is 5.45. The van der Waals surface area contributed by atoms with Crippen molar-refractivity contribution in [2.75, 3.05) is 0 Å². The van der Waals surface area contributed by atoms with Crippen molar-refractivity contribution >= 4 is 0 Å². The molecule has 2 atom stereocenters. The van der Waals surface area contributed by atoms with E-state index in [4.69, 9.17) is 0 Å². The van der Waals surface area contributed by atoms with Gasteiger partial charge in [0.2, 0.25) is 0 Å². The van der Waals surface area contributed by atoms with Crippen molar-refractivity contribution in [1.82, 2.24) is 0 Å². The molecule has 0 radical (unpaired) electrons. The Labute approximate surface area is 81.0 Å². The van der Waals surface area contributed by atoms with Crippen molar-refractivity contribution in [3.8, 4) is 0 Å². The molecule has 0 N–H and O–H groups in total. The Morgan fingerprint density at radius 1 is 1.38 bits per heavy atom. The van der Waals surface area contributed by atoms with Crippen molar-refractivity contribution in [3.63, 3.8) is 0 Å². The van der Waals surface area contributed by atoms with E-state index in [1.807, 2.05) is 0 Å². The van der Waals surface area contributed by atoms with E-state index in [0.717, 1.165) is 5.92 Å². The summed E-state index contributed by atoms with van der Waals surface area (Å²) in [5.41, 5.74) is 1.54. The molecule has 0 heterocycles. The molecular weight excluding hydrogens is 156 g/mol. The Balaban J connectivity index is 2.10. The van der Waals surface area contributed by atoms with E-state index >= 15 is 0 Å². The maximum Gasteiger partial charge on any atom is 0.00154 e. The third kappa shape index (κ3) is 1.93. The van der Waals surface area contributed by atoms with Gasteiger partial charge in [-0.3, -0.25) is 0 Å². The molecule has 0 fully saturated rings. The normalized spacial score (nSPS) is 31.3. The van der Waals surface area contributed by atoms with Gasteiger partial charge in [0.25, 0.3) is 0 Å². The lowest BCUT2D eigenvalue weighted by atomic mass is 9.79. The minimum absolute atomic E-state index is 0.709.